The first kappa shape index (κ1) is 13.7. The maximum atomic E-state index is 4.14. The molecule has 0 saturated carbocycles. The van der Waals surface area contributed by atoms with Crippen molar-refractivity contribution < 1.29 is 0 Å². The van der Waals surface area contributed by atoms with E-state index in [4.69, 9.17) is 0 Å². The lowest BCUT2D eigenvalue weighted by Crippen LogP contribution is -2.24. The van der Waals surface area contributed by atoms with Crippen molar-refractivity contribution in [2.75, 3.05) is 6.54 Å². The van der Waals surface area contributed by atoms with Crippen molar-refractivity contribution in [1.29, 1.82) is 0 Å². The van der Waals surface area contributed by atoms with Gasteiger partial charge in [0.25, 0.3) is 0 Å². The fourth-order valence-electron chi connectivity index (χ4n) is 2.23. The number of nitrogens with one attached hydrogen (secondary N) is 1. The molecule has 0 aliphatic heterocycles. The summed E-state index contributed by atoms with van der Waals surface area (Å²) in [7, 11) is 0. The summed E-state index contributed by atoms with van der Waals surface area (Å²) >= 11 is 0. The number of hydrogen-bond acceptors (Lipinski definition) is 3. The monoisotopic (exact) mass is 255 g/mol. The number of nitrogens with zero attached hydrogens (tertiary/aromatic N) is 2. The molecule has 0 bridgehead atoms. The van der Waals surface area contributed by atoms with Crippen LogP contribution in [0.25, 0.3) is 0 Å². The largest absolute Gasteiger partial charge is 0.306 e. The highest BCUT2D eigenvalue weighted by Crippen LogP contribution is 2.25. The number of hydrogen-bond donors (Lipinski definition) is 1. The Morgan fingerprint density at radius 2 is 1.89 bits per heavy atom. The Hall–Kier alpha value is -1.74. The number of aromatic nitrogens is 2. The zero-order chi connectivity index (χ0) is 13.7. The van der Waals surface area contributed by atoms with Gasteiger partial charge in [-0.1, -0.05) is 30.7 Å². The van der Waals surface area contributed by atoms with E-state index < -0.39 is 0 Å². The van der Waals surface area contributed by atoms with Gasteiger partial charge < -0.3 is 5.32 Å². The van der Waals surface area contributed by atoms with Crippen molar-refractivity contribution in [2.45, 2.75) is 33.2 Å². The third-order valence-corrected chi connectivity index (χ3v) is 3.26. The van der Waals surface area contributed by atoms with Gasteiger partial charge in [0.1, 0.15) is 6.33 Å². The highest BCUT2D eigenvalue weighted by atomic mass is 14.9. The first-order valence-electron chi connectivity index (χ1n) is 6.77. The third kappa shape index (κ3) is 3.38. The van der Waals surface area contributed by atoms with Gasteiger partial charge in [0, 0.05) is 18.0 Å². The van der Waals surface area contributed by atoms with Crippen molar-refractivity contribution in [3.63, 3.8) is 0 Å². The maximum absolute atomic E-state index is 4.14. The molecule has 0 amide bonds. The minimum absolute atomic E-state index is 0.168. The first-order chi connectivity index (χ1) is 9.22. The summed E-state index contributed by atoms with van der Waals surface area (Å²) in [6.45, 7) is 7.43. The van der Waals surface area contributed by atoms with Crippen LogP contribution in [-0.2, 0) is 0 Å². The van der Waals surface area contributed by atoms with Crippen molar-refractivity contribution >= 4 is 0 Å². The number of aryl methyl sites for hydroxylation is 2. The lowest BCUT2D eigenvalue weighted by Gasteiger charge is -2.21. The van der Waals surface area contributed by atoms with Gasteiger partial charge in [-0.3, -0.25) is 0 Å². The molecule has 1 aromatic heterocycles. The summed E-state index contributed by atoms with van der Waals surface area (Å²) in [6.07, 6.45) is 6.46. The van der Waals surface area contributed by atoms with Gasteiger partial charge in [-0.05, 0) is 37.9 Å². The van der Waals surface area contributed by atoms with Crippen molar-refractivity contribution in [1.82, 2.24) is 15.3 Å². The molecule has 1 aromatic carbocycles. The van der Waals surface area contributed by atoms with Crippen LogP contribution in [0.1, 0.15) is 41.6 Å². The first-order valence-corrected chi connectivity index (χ1v) is 6.77. The van der Waals surface area contributed by atoms with Gasteiger partial charge in [0.15, 0.2) is 0 Å². The van der Waals surface area contributed by atoms with E-state index in [1.54, 1.807) is 6.33 Å². The molecule has 2 aromatic rings. The second-order valence-electron chi connectivity index (χ2n) is 4.92. The van der Waals surface area contributed by atoms with Crippen LogP contribution in [0.5, 0.6) is 0 Å². The van der Waals surface area contributed by atoms with Crippen molar-refractivity contribution in [3.05, 3.63) is 59.2 Å². The Kier molecular flexibility index (Phi) is 4.63. The predicted molar refractivity (Wildman–Crippen MR) is 78.1 cm³/mol. The Morgan fingerprint density at radius 1 is 1.16 bits per heavy atom. The van der Waals surface area contributed by atoms with Crippen LogP contribution in [-0.4, -0.2) is 16.5 Å². The molecule has 100 valence electrons. The molecule has 1 atom stereocenters. The van der Waals surface area contributed by atoms with E-state index in [1.165, 1.54) is 16.7 Å². The van der Waals surface area contributed by atoms with Gasteiger partial charge in [-0.15, -0.1) is 0 Å². The molecule has 0 radical (unpaired) electrons. The molecule has 1 unspecified atom stereocenters. The molecule has 3 nitrogen and oxygen atoms in total. The van der Waals surface area contributed by atoms with Crippen LogP contribution in [0.2, 0.25) is 0 Å². The fourth-order valence-corrected chi connectivity index (χ4v) is 2.23. The highest BCUT2D eigenvalue weighted by molar-refractivity contribution is 5.37. The molecule has 19 heavy (non-hydrogen) atoms. The minimum Gasteiger partial charge on any atom is -0.306 e. The van der Waals surface area contributed by atoms with Crippen LogP contribution in [0.15, 0.2) is 36.9 Å². The quantitative estimate of drug-likeness (QED) is 0.891. The molecule has 2 rings (SSSR count). The van der Waals surface area contributed by atoms with Crippen LogP contribution in [0.3, 0.4) is 0 Å². The zero-order valence-corrected chi connectivity index (χ0v) is 11.9. The standard InChI is InChI=1S/C16H21N3/c1-4-7-19-16(14-9-17-11-18-10-14)15-8-12(2)5-6-13(15)3/h5-6,8-11,16,19H,4,7H2,1-3H3. The molecule has 0 aliphatic carbocycles. The van der Waals surface area contributed by atoms with E-state index in [-0.39, 0.29) is 6.04 Å². The second kappa shape index (κ2) is 6.43. The Morgan fingerprint density at radius 3 is 2.58 bits per heavy atom. The van der Waals surface area contributed by atoms with Crippen LogP contribution >= 0.6 is 0 Å². The van der Waals surface area contributed by atoms with Gasteiger partial charge in [-0.2, -0.15) is 0 Å². The van der Waals surface area contributed by atoms with Crippen LogP contribution in [0, 0.1) is 13.8 Å². The van der Waals surface area contributed by atoms with E-state index >= 15 is 0 Å². The topological polar surface area (TPSA) is 37.8 Å². The van der Waals surface area contributed by atoms with E-state index in [9.17, 15) is 0 Å². The molecule has 1 heterocycles. The highest BCUT2D eigenvalue weighted by Gasteiger charge is 2.16. The molecular weight excluding hydrogens is 234 g/mol. The zero-order valence-electron chi connectivity index (χ0n) is 11.9. The van der Waals surface area contributed by atoms with Gasteiger partial charge in [-0.25, -0.2) is 9.97 Å². The molecule has 0 saturated heterocycles. The summed E-state index contributed by atoms with van der Waals surface area (Å²) < 4.78 is 0. The van der Waals surface area contributed by atoms with Crippen LogP contribution in [0.4, 0.5) is 0 Å². The lowest BCUT2D eigenvalue weighted by molar-refractivity contribution is 0.592. The summed E-state index contributed by atoms with van der Waals surface area (Å²) in [5, 5.41) is 3.59. The SMILES string of the molecule is CCCNC(c1cncnc1)c1cc(C)ccc1C. The van der Waals surface area contributed by atoms with E-state index in [1.807, 2.05) is 12.4 Å². The maximum Gasteiger partial charge on any atom is 0.115 e. The number of rotatable bonds is 5. The fraction of sp³-hybridized carbons (Fsp3) is 0.375. The van der Waals surface area contributed by atoms with Crippen molar-refractivity contribution in [3.8, 4) is 0 Å². The van der Waals surface area contributed by atoms with Gasteiger partial charge in [0.2, 0.25) is 0 Å². The molecule has 1 N–H and O–H groups in total. The molecule has 0 aliphatic rings. The Balaban J connectivity index is 2.40. The van der Waals surface area contributed by atoms with Gasteiger partial charge in [0.05, 0.1) is 6.04 Å². The molecule has 0 fully saturated rings. The van der Waals surface area contributed by atoms with E-state index in [0.29, 0.717) is 0 Å². The predicted octanol–water partition coefficient (Wildman–Crippen LogP) is 3.18. The minimum atomic E-state index is 0.168. The molecule has 3 heteroatoms. The summed E-state index contributed by atoms with van der Waals surface area (Å²) in [5.74, 6) is 0. The third-order valence-electron chi connectivity index (χ3n) is 3.26. The summed E-state index contributed by atoms with van der Waals surface area (Å²) in [6, 6.07) is 6.74. The van der Waals surface area contributed by atoms with E-state index in [0.717, 1.165) is 18.5 Å². The molecule has 0 spiro atoms. The smallest absolute Gasteiger partial charge is 0.115 e. The van der Waals surface area contributed by atoms with E-state index in [2.05, 4.69) is 54.3 Å². The summed E-state index contributed by atoms with van der Waals surface area (Å²) in [5.41, 5.74) is 5.00. The molecular formula is C16H21N3. The Bertz CT molecular complexity index is 523. The summed E-state index contributed by atoms with van der Waals surface area (Å²) in [4.78, 5) is 8.28. The lowest BCUT2D eigenvalue weighted by atomic mass is 9.95. The number of benzene rings is 1. The van der Waals surface area contributed by atoms with Crippen LogP contribution < -0.4 is 5.32 Å². The van der Waals surface area contributed by atoms with Crippen molar-refractivity contribution in [2.24, 2.45) is 0 Å². The normalized spacial score (nSPS) is 12.4. The average molecular weight is 255 g/mol. The average Bonchev–Trinajstić information content (AvgIpc) is 2.44. The second-order valence-corrected chi connectivity index (χ2v) is 4.92. The Labute approximate surface area is 115 Å². The van der Waals surface area contributed by atoms with Gasteiger partial charge >= 0.3 is 0 Å².